The van der Waals surface area contributed by atoms with E-state index in [1.165, 1.54) is 4.68 Å². The predicted octanol–water partition coefficient (Wildman–Crippen LogP) is 4.36. The maximum absolute atomic E-state index is 12.8. The van der Waals surface area contributed by atoms with Crippen LogP contribution in [0.3, 0.4) is 0 Å². The van der Waals surface area contributed by atoms with E-state index in [0.29, 0.717) is 16.3 Å². The number of para-hydroxylation sites is 1. The highest BCUT2D eigenvalue weighted by atomic mass is 35.5. The molecule has 6 heteroatoms. The van der Waals surface area contributed by atoms with Gasteiger partial charge in [-0.1, -0.05) is 41.9 Å². The summed E-state index contributed by atoms with van der Waals surface area (Å²) in [5.74, 6) is 0. The van der Waals surface area contributed by atoms with E-state index in [0.717, 1.165) is 22.7 Å². The number of halogens is 1. The van der Waals surface area contributed by atoms with Crippen molar-refractivity contribution in [1.29, 1.82) is 0 Å². The first kappa shape index (κ1) is 17.9. The van der Waals surface area contributed by atoms with Crippen LogP contribution in [0.2, 0.25) is 5.02 Å². The number of H-pyrrole nitrogens is 1. The first-order chi connectivity index (χ1) is 12.5. The van der Waals surface area contributed by atoms with E-state index in [9.17, 15) is 4.79 Å². The van der Waals surface area contributed by atoms with Crippen LogP contribution in [0.5, 0.6) is 0 Å². The van der Waals surface area contributed by atoms with Crippen LogP contribution in [0.1, 0.15) is 30.7 Å². The molecular weight excluding hydrogens is 348 g/mol. The molecule has 26 heavy (non-hydrogen) atoms. The number of aromatic amines is 1. The molecule has 0 bridgehead atoms. The van der Waals surface area contributed by atoms with Gasteiger partial charge in [-0.05, 0) is 50.6 Å². The van der Waals surface area contributed by atoms with E-state index >= 15 is 0 Å². The molecule has 132 valence electrons. The SMILES string of the molecule is CC(=N/N=C(\C)c1c(C)[nH]n(-c2ccccc2)c1=O)c1ccc(Cl)cc1. The zero-order chi connectivity index (χ0) is 18.7. The summed E-state index contributed by atoms with van der Waals surface area (Å²) in [4.78, 5) is 12.8. The minimum Gasteiger partial charge on any atom is -0.295 e. The molecule has 0 spiro atoms. The Balaban J connectivity index is 1.95. The predicted molar refractivity (Wildman–Crippen MR) is 107 cm³/mol. The molecule has 0 aliphatic carbocycles. The zero-order valence-corrected chi connectivity index (χ0v) is 15.6. The molecule has 1 N–H and O–H groups in total. The lowest BCUT2D eigenvalue weighted by atomic mass is 10.1. The lowest BCUT2D eigenvalue weighted by molar-refractivity contribution is 0.835. The molecule has 0 unspecified atom stereocenters. The maximum atomic E-state index is 12.8. The molecule has 0 aliphatic rings. The Morgan fingerprint density at radius 2 is 1.58 bits per heavy atom. The third-order valence-electron chi connectivity index (χ3n) is 4.06. The van der Waals surface area contributed by atoms with Gasteiger partial charge in [0.1, 0.15) is 0 Å². The number of aryl methyl sites for hydroxylation is 1. The van der Waals surface area contributed by atoms with E-state index in [-0.39, 0.29) is 5.56 Å². The van der Waals surface area contributed by atoms with Crippen LogP contribution in [-0.2, 0) is 0 Å². The van der Waals surface area contributed by atoms with Gasteiger partial charge in [0.25, 0.3) is 5.56 Å². The second-order valence-corrected chi connectivity index (χ2v) is 6.40. The smallest absolute Gasteiger partial charge is 0.280 e. The monoisotopic (exact) mass is 366 g/mol. The molecule has 0 saturated heterocycles. The van der Waals surface area contributed by atoms with Crippen molar-refractivity contribution in [2.24, 2.45) is 10.2 Å². The average Bonchev–Trinajstić information content (AvgIpc) is 2.95. The Kier molecular flexibility index (Phi) is 5.19. The van der Waals surface area contributed by atoms with Crippen molar-refractivity contribution in [2.45, 2.75) is 20.8 Å². The van der Waals surface area contributed by atoms with Crippen molar-refractivity contribution in [3.63, 3.8) is 0 Å². The maximum Gasteiger partial charge on any atom is 0.280 e. The number of hydrogen-bond acceptors (Lipinski definition) is 3. The van der Waals surface area contributed by atoms with E-state index in [1.54, 1.807) is 19.1 Å². The second kappa shape index (κ2) is 7.54. The molecule has 1 heterocycles. The number of benzene rings is 2. The zero-order valence-electron chi connectivity index (χ0n) is 14.8. The summed E-state index contributed by atoms with van der Waals surface area (Å²) in [7, 11) is 0. The summed E-state index contributed by atoms with van der Waals surface area (Å²) >= 11 is 5.90. The molecule has 0 atom stereocenters. The first-order valence-corrected chi connectivity index (χ1v) is 8.57. The number of nitrogens with one attached hydrogen (secondary N) is 1. The first-order valence-electron chi connectivity index (χ1n) is 8.19. The summed E-state index contributed by atoms with van der Waals surface area (Å²) in [6, 6.07) is 16.8. The van der Waals surface area contributed by atoms with E-state index < -0.39 is 0 Å². The van der Waals surface area contributed by atoms with Gasteiger partial charge in [-0.3, -0.25) is 9.89 Å². The molecular formula is C20H19ClN4O. The molecule has 3 aromatic rings. The Hall–Kier alpha value is -2.92. The molecule has 3 rings (SSSR count). The van der Waals surface area contributed by atoms with E-state index in [1.807, 2.05) is 56.3 Å². The van der Waals surface area contributed by atoms with Crippen molar-refractivity contribution >= 4 is 23.0 Å². The van der Waals surface area contributed by atoms with Gasteiger partial charge in [0.05, 0.1) is 22.7 Å². The highest BCUT2D eigenvalue weighted by Crippen LogP contribution is 2.11. The Morgan fingerprint density at radius 1 is 0.962 bits per heavy atom. The molecule has 0 amide bonds. The van der Waals surface area contributed by atoms with Crippen molar-refractivity contribution in [3.05, 3.63) is 86.8 Å². The van der Waals surface area contributed by atoms with Gasteiger partial charge in [0, 0.05) is 10.7 Å². The lowest BCUT2D eigenvalue weighted by Gasteiger charge is -2.00. The summed E-state index contributed by atoms with van der Waals surface area (Å²) in [6.45, 7) is 5.50. The van der Waals surface area contributed by atoms with Crippen molar-refractivity contribution < 1.29 is 0 Å². The van der Waals surface area contributed by atoms with Gasteiger partial charge in [0.2, 0.25) is 0 Å². The largest absolute Gasteiger partial charge is 0.295 e. The number of aromatic nitrogens is 2. The van der Waals surface area contributed by atoms with Gasteiger partial charge in [-0.15, -0.1) is 0 Å². The van der Waals surface area contributed by atoms with Gasteiger partial charge in [-0.2, -0.15) is 10.2 Å². The summed E-state index contributed by atoms with van der Waals surface area (Å²) < 4.78 is 1.51. The summed E-state index contributed by atoms with van der Waals surface area (Å²) in [5.41, 5.74) is 4.15. The fraction of sp³-hybridized carbons (Fsp3) is 0.150. The minimum absolute atomic E-state index is 0.144. The summed E-state index contributed by atoms with van der Waals surface area (Å²) in [6.07, 6.45) is 0. The van der Waals surface area contributed by atoms with E-state index in [2.05, 4.69) is 15.3 Å². The van der Waals surface area contributed by atoms with Crippen LogP contribution >= 0.6 is 11.6 Å². The normalized spacial score (nSPS) is 12.5. The standard InChI is InChI=1S/C20H19ClN4O/c1-13(16-9-11-17(21)12-10-16)22-23-14(2)19-15(3)24-25(20(19)26)18-7-5-4-6-8-18/h4-12,24H,1-3H3/b22-13?,23-14+. The molecule has 0 aliphatic heterocycles. The molecule has 1 aromatic heterocycles. The van der Waals surface area contributed by atoms with Gasteiger partial charge in [-0.25, -0.2) is 4.68 Å². The quantitative estimate of drug-likeness (QED) is 0.541. The van der Waals surface area contributed by atoms with E-state index in [4.69, 9.17) is 11.6 Å². The number of hydrogen-bond donors (Lipinski definition) is 1. The fourth-order valence-corrected chi connectivity index (χ4v) is 2.81. The molecule has 0 saturated carbocycles. The topological polar surface area (TPSA) is 62.5 Å². The summed E-state index contributed by atoms with van der Waals surface area (Å²) in [5, 5.41) is 12.3. The molecule has 5 nitrogen and oxygen atoms in total. The van der Waals surface area contributed by atoms with Crippen LogP contribution in [0.4, 0.5) is 0 Å². The second-order valence-electron chi connectivity index (χ2n) is 5.97. The number of rotatable bonds is 4. The number of nitrogens with zero attached hydrogens (tertiary/aromatic N) is 3. The third-order valence-corrected chi connectivity index (χ3v) is 4.31. The highest BCUT2D eigenvalue weighted by molar-refractivity contribution is 6.30. The van der Waals surface area contributed by atoms with Crippen molar-refractivity contribution in [3.8, 4) is 5.69 Å². The van der Waals surface area contributed by atoms with Crippen LogP contribution in [0.15, 0.2) is 69.6 Å². The van der Waals surface area contributed by atoms with Crippen molar-refractivity contribution in [2.75, 3.05) is 0 Å². The lowest BCUT2D eigenvalue weighted by Crippen LogP contribution is -2.19. The highest BCUT2D eigenvalue weighted by Gasteiger charge is 2.15. The molecule has 0 radical (unpaired) electrons. The van der Waals surface area contributed by atoms with Gasteiger partial charge in [0.15, 0.2) is 0 Å². The minimum atomic E-state index is -0.144. The van der Waals surface area contributed by atoms with Crippen LogP contribution in [-0.4, -0.2) is 21.2 Å². The average molecular weight is 367 g/mol. The van der Waals surface area contributed by atoms with Gasteiger partial charge >= 0.3 is 0 Å². The fourth-order valence-electron chi connectivity index (χ4n) is 2.68. The van der Waals surface area contributed by atoms with Gasteiger partial charge < -0.3 is 0 Å². The van der Waals surface area contributed by atoms with Crippen LogP contribution < -0.4 is 5.56 Å². The molecule has 0 fully saturated rings. The Labute approximate surface area is 156 Å². The Bertz CT molecular complexity index is 1030. The van der Waals surface area contributed by atoms with Crippen LogP contribution in [0, 0.1) is 6.92 Å². The molecule has 2 aromatic carbocycles. The third kappa shape index (κ3) is 3.68. The van der Waals surface area contributed by atoms with Crippen LogP contribution in [0.25, 0.3) is 5.69 Å². The van der Waals surface area contributed by atoms with Crippen molar-refractivity contribution in [1.82, 2.24) is 9.78 Å². The Morgan fingerprint density at radius 3 is 2.23 bits per heavy atom.